The van der Waals surface area contributed by atoms with E-state index >= 15 is 0 Å². The summed E-state index contributed by atoms with van der Waals surface area (Å²) in [5, 5.41) is 11.1. The SMILES string of the molecule is CCOc1ccc(Cl)cc1CNCC(C)(C)CC(=O)N/C(C=O)=C(\CCC(C)(F)P)NC.CNc1ccccc1. The molecule has 0 fully saturated rings. The topological polar surface area (TPSA) is 91.5 Å². The molecular formula is C30H45ClFN4O3P. The Morgan fingerprint density at radius 1 is 1.12 bits per heavy atom. The third kappa shape index (κ3) is 14.6. The molecule has 2 atom stereocenters. The smallest absolute Gasteiger partial charge is 0.225 e. The first-order valence-electron chi connectivity index (χ1n) is 13.3. The molecule has 2 rings (SSSR count). The number of aldehydes is 1. The second kappa shape index (κ2) is 17.9. The Morgan fingerprint density at radius 3 is 2.33 bits per heavy atom. The van der Waals surface area contributed by atoms with Crippen molar-refractivity contribution in [2.24, 2.45) is 5.41 Å². The highest BCUT2D eigenvalue weighted by Crippen LogP contribution is 2.27. The number of halogens is 2. The average Bonchev–Trinajstić information content (AvgIpc) is 2.89. The molecule has 2 aromatic rings. The van der Waals surface area contributed by atoms with Crippen molar-refractivity contribution in [1.82, 2.24) is 16.0 Å². The summed E-state index contributed by atoms with van der Waals surface area (Å²) in [6, 6.07) is 15.6. The van der Waals surface area contributed by atoms with Gasteiger partial charge in [-0.15, -0.1) is 0 Å². The monoisotopic (exact) mass is 594 g/mol. The number of hydrogen-bond acceptors (Lipinski definition) is 6. The molecule has 0 bridgehead atoms. The summed E-state index contributed by atoms with van der Waals surface area (Å²) < 4.78 is 19.4. The summed E-state index contributed by atoms with van der Waals surface area (Å²) in [7, 11) is 5.68. The van der Waals surface area contributed by atoms with Gasteiger partial charge in [-0.3, -0.25) is 9.59 Å². The van der Waals surface area contributed by atoms with Gasteiger partial charge in [0.05, 0.1) is 6.61 Å². The van der Waals surface area contributed by atoms with Crippen LogP contribution in [-0.4, -0.2) is 44.9 Å². The van der Waals surface area contributed by atoms with Crippen molar-refractivity contribution in [2.75, 3.05) is 32.6 Å². The second-order valence-corrected chi connectivity index (χ2v) is 12.0. The van der Waals surface area contributed by atoms with E-state index in [1.54, 1.807) is 13.1 Å². The maximum atomic E-state index is 13.8. The number of para-hydroxylation sites is 1. The molecule has 4 N–H and O–H groups in total. The van der Waals surface area contributed by atoms with Gasteiger partial charge in [-0.1, -0.05) is 52.9 Å². The van der Waals surface area contributed by atoms with Gasteiger partial charge in [0.2, 0.25) is 5.91 Å². The molecule has 0 aliphatic heterocycles. The highest BCUT2D eigenvalue weighted by Gasteiger charge is 2.24. The lowest BCUT2D eigenvalue weighted by Gasteiger charge is -2.25. The van der Waals surface area contributed by atoms with Crippen molar-refractivity contribution >= 4 is 38.7 Å². The van der Waals surface area contributed by atoms with Crippen LogP contribution in [0.2, 0.25) is 5.02 Å². The fraction of sp³-hybridized carbons (Fsp3) is 0.467. The Bertz CT molecular complexity index is 1090. The summed E-state index contributed by atoms with van der Waals surface area (Å²) in [6.07, 6.45) is 1.28. The van der Waals surface area contributed by atoms with E-state index in [-0.39, 0.29) is 29.9 Å². The van der Waals surface area contributed by atoms with Crippen LogP contribution in [0.25, 0.3) is 0 Å². The molecule has 40 heavy (non-hydrogen) atoms. The minimum Gasteiger partial charge on any atom is -0.494 e. The summed E-state index contributed by atoms with van der Waals surface area (Å²) in [6.45, 7) is 8.96. The molecule has 10 heteroatoms. The maximum absolute atomic E-state index is 13.8. The van der Waals surface area contributed by atoms with Crippen LogP contribution < -0.4 is 26.0 Å². The number of carbonyl (C=O) groups excluding carboxylic acids is 2. The number of rotatable bonds is 15. The van der Waals surface area contributed by atoms with Crippen LogP contribution in [0.4, 0.5) is 10.1 Å². The highest BCUT2D eigenvalue weighted by atomic mass is 35.5. The number of anilines is 1. The summed E-state index contributed by atoms with van der Waals surface area (Å²) >= 11 is 6.11. The first kappa shape index (κ1) is 35.4. The van der Waals surface area contributed by atoms with Gasteiger partial charge in [0.25, 0.3) is 0 Å². The predicted molar refractivity (Wildman–Crippen MR) is 167 cm³/mol. The van der Waals surface area contributed by atoms with Crippen molar-refractivity contribution in [3.63, 3.8) is 0 Å². The lowest BCUT2D eigenvalue weighted by Crippen LogP contribution is -2.36. The van der Waals surface area contributed by atoms with Crippen LogP contribution in [0.3, 0.4) is 0 Å². The van der Waals surface area contributed by atoms with Crippen LogP contribution >= 0.6 is 20.8 Å². The number of amides is 1. The van der Waals surface area contributed by atoms with Gasteiger partial charge in [0.1, 0.15) is 16.9 Å². The Hall–Kier alpha value is -2.67. The van der Waals surface area contributed by atoms with Gasteiger partial charge in [0, 0.05) is 55.6 Å². The Balaban J connectivity index is 0.000000850. The van der Waals surface area contributed by atoms with Crippen LogP contribution in [0.15, 0.2) is 59.9 Å². The summed E-state index contributed by atoms with van der Waals surface area (Å²) in [4.78, 5) is 24.1. The first-order chi connectivity index (χ1) is 18.8. The third-order valence-electron chi connectivity index (χ3n) is 5.83. The van der Waals surface area contributed by atoms with Crippen LogP contribution in [0, 0.1) is 5.41 Å². The first-order valence-corrected chi connectivity index (χ1v) is 14.3. The molecule has 0 spiro atoms. The molecule has 0 aromatic heterocycles. The van der Waals surface area contributed by atoms with Crippen LogP contribution in [-0.2, 0) is 16.1 Å². The third-order valence-corrected chi connectivity index (χ3v) is 6.35. The molecule has 2 unspecified atom stereocenters. The Morgan fingerprint density at radius 2 is 1.80 bits per heavy atom. The lowest BCUT2D eigenvalue weighted by molar-refractivity contribution is -0.123. The maximum Gasteiger partial charge on any atom is 0.225 e. The fourth-order valence-corrected chi connectivity index (χ4v) is 4.09. The lowest BCUT2D eigenvalue weighted by atomic mass is 9.88. The van der Waals surface area contributed by atoms with Gasteiger partial charge in [0.15, 0.2) is 6.29 Å². The van der Waals surface area contributed by atoms with Crippen LogP contribution in [0.1, 0.15) is 52.5 Å². The predicted octanol–water partition coefficient (Wildman–Crippen LogP) is 6.06. The van der Waals surface area contributed by atoms with E-state index in [4.69, 9.17) is 16.3 Å². The number of alkyl halides is 1. The van der Waals surface area contributed by atoms with E-state index < -0.39 is 5.41 Å². The largest absolute Gasteiger partial charge is 0.494 e. The second-order valence-electron chi connectivity index (χ2n) is 10.3. The van der Waals surface area contributed by atoms with E-state index in [0.717, 1.165) is 17.0 Å². The normalized spacial score (nSPS) is 13.1. The van der Waals surface area contributed by atoms with Gasteiger partial charge >= 0.3 is 0 Å². The molecule has 0 heterocycles. The molecule has 222 valence electrons. The van der Waals surface area contributed by atoms with Crippen molar-refractivity contribution < 1.29 is 18.7 Å². The molecule has 2 aromatic carbocycles. The minimum absolute atomic E-state index is 0.135. The van der Waals surface area contributed by atoms with Crippen LogP contribution in [0.5, 0.6) is 5.75 Å². The van der Waals surface area contributed by atoms with Crippen molar-refractivity contribution in [2.45, 2.75) is 58.9 Å². The number of hydrogen-bond donors (Lipinski definition) is 4. The van der Waals surface area contributed by atoms with E-state index in [2.05, 4.69) is 30.5 Å². The van der Waals surface area contributed by atoms with E-state index in [0.29, 0.717) is 43.1 Å². The fourth-order valence-electron chi connectivity index (χ4n) is 3.75. The minimum atomic E-state index is -1.45. The standard InChI is InChI=1S/C23H36ClFN3O3P.C7H9N/c1-6-31-20-8-7-17(24)11-16(20)13-27-15-22(2,3)12-21(30)28-19(14-29)18(26-5)9-10-23(4,25)32;1-8-7-5-3-2-4-6-7/h7-8,11,14,26-27H,6,9-10,12-13,15,32H2,1-5H3,(H,28,30);2-6,8H,1H3/b19-18+;. The van der Waals surface area contributed by atoms with Gasteiger partial charge < -0.3 is 26.0 Å². The number of benzene rings is 2. The quantitative estimate of drug-likeness (QED) is 0.114. The summed E-state index contributed by atoms with van der Waals surface area (Å²) in [5.41, 5.74) is 2.36. The number of nitrogens with one attached hydrogen (secondary N) is 4. The Kier molecular flexibility index (Phi) is 15.8. The van der Waals surface area contributed by atoms with Crippen molar-refractivity contribution in [1.29, 1.82) is 0 Å². The molecule has 1 amide bonds. The molecular weight excluding hydrogens is 550 g/mol. The summed E-state index contributed by atoms with van der Waals surface area (Å²) in [5.74, 6) is 0.494. The molecule has 7 nitrogen and oxygen atoms in total. The van der Waals surface area contributed by atoms with Crippen molar-refractivity contribution in [3.05, 3.63) is 70.5 Å². The number of carbonyl (C=O) groups is 2. The number of allylic oxidation sites excluding steroid dienone is 2. The Labute approximate surface area is 246 Å². The van der Waals surface area contributed by atoms with Gasteiger partial charge in [-0.25, -0.2) is 4.39 Å². The average molecular weight is 595 g/mol. The van der Waals surface area contributed by atoms with Gasteiger partial charge in [-0.2, -0.15) is 0 Å². The molecule has 0 saturated carbocycles. The van der Waals surface area contributed by atoms with Crippen molar-refractivity contribution in [3.8, 4) is 5.75 Å². The molecule has 0 radical (unpaired) electrons. The zero-order chi connectivity index (χ0) is 30.2. The van der Waals surface area contributed by atoms with E-state index in [9.17, 15) is 14.0 Å². The van der Waals surface area contributed by atoms with E-state index in [1.165, 1.54) is 6.92 Å². The van der Waals surface area contributed by atoms with Gasteiger partial charge in [-0.05, 0) is 62.4 Å². The zero-order valence-electron chi connectivity index (χ0n) is 24.5. The number of ether oxygens (including phenoxy) is 1. The molecule has 0 aliphatic rings. The molecule has 0 aliphatic carbocycles. The highest BCUT2D eigenvalue weighted by molar-refractivity contribution is 7.18. The molecule has 0 saturated heterocycles. The van der Waals surface area contributed by atoms with E-state index in [1.807, 2.05) is 70.3 Å². The zero-order valence-corrected chi connectivity index (χ0v) is 26.4.